The van der Waals surface area contributed by atoms with E-state index in [0.717, 1.165) is 11.0 Å². The van der Waals surface area contributed by atoms with Gasteiger partial charge in [0.05, 0.1) is 17.4 Å². The van der Waals surface area contributed by atoms with Gasteiger partial charge in [0.25, 0.3) is 5.56 Å². The van der Waals surface area contributed by atoms with Crippen LogP contribution in [0.5, 0.6) is 0 Å². The van der Waals surface area contributed by atoms with Crippen LogP contribution in [-0.2, 0) is 0 Å². The Balaban J connectivity index is 1.92. The summed E-state index contributed by atoms with van der Waals surface area (Å²) in [6, 6.07) is 9.77. The number of para-hydroxylation sites is 2. The Bertz CT molecular complexity index is 1090. The van der Waals surface area contributed by atoms with E-state index in [0.29, 0.717) is 33.7 Å². The summed E-state index contributed by atoms with van der Waals surface area (Å²) in [5, 5.41) is 10.4. The van der Waals surface area contributed by atoms with Crippen molar-refractivity contribution in [1.82, 2.24) is 19.9 Å². The maximum atomic E-state index is 12.1. The minimum Gasteiger partial charge on any atom is -0.337 e. The smallest absolute Gasteiger partial charge is 0.267 e. The Kier molecular flexibility index (Phi) is 3.63. The summed E-state index contributed by atoms with van der Waals surface area (Å²) >= 11 is 1.22. The predicted octanol–water partition coefficient (Wildman–Crippen LogP) is 2.64. The van der Waals surface area contributed by atoms with Crippen molar-refractivity contribution in [3.63, 3.8) is 0 Å². The average Bonchev–Trinajstić information content (AvgIpc) is 3.19. The first kappa shape index (κ1) is 15.2. The molecule has 2 N–H and O–H groups in total. The number of imidazole rings is 1. The molecule has 3 aromatic rings. The fourth-order valence-electron chi connectivity index (χ4n) is 2.67. The van der Waals surface area contributed by atoms with Crippen molar-refractivity contribution < 1.29 is 0 Å². The SMILES string of the molecule is C=CCN1/C(=C(/C#N)c2nc3ccccc3[nH]2)Sc2c1nc[nH]c2=O. The molecule has 0 radical (unpaired) electrons. The number of aromatic amines is 2. The molecule has 0 aliphatic carbocycles. The van der Waals surface area contributed by atoms with Crippen LogP contribution in [0.15, 0.2) is 58.0 Å². The maximum Gasteiger partial charge on any atom is 0.267 e. The van der Waals surface area contributed by atoms with Crippen molar-refractivity contribution in [2.75, 3.05) is 11.4 Å². The van der Waals surface area contributed by atoms with E-state index >= 15 is 0 Å². The third-order valence-electron chi connectivity index (χ3n) is 3.75. The summed E-state index contributed by atoms with van der Waals surface area (Å²) in [5.41, 5.74) is 1.75. The standard InChI is InChI=1S/C17H12N6OS/c1-2-7-23-15-13(16(24)20-9-19-15)25-17(23)10(8-18)14-21-11-5-3-4-6-12(11)22-14/h2-6,9H,1,7H2,(H,21,22)(H,19,20,24)/b17-10+. The molecule has 4 rings (SSSR count). The second-order valence-corrected chi connectivity index (χ2v) is 6.28. The molecule has 0 saturated carbocycles. The van der Waals surface area contributed by atoms with Gasteiger partial charge in [-0.05, 0) is 12.1 Å². The highest BCUT2D eigenvalue weighted by molar-refractivity contribution is 8.04. The monoisotopic (exact) mass is 348 g/mol. The van der Waals surface area contributed by atoms with E-state index in [9.17, 15) is 10.1 Å². The van der Waals surface area contributed by atoms with Gasteiger partial charge in [-0.3, -0.25) is 4.79 Å². The summed E-state index contributed by atoms with van der Waals surface area (Å²) in [7, 11) is 0. The number of nitrogens with one attached hydrogen (secondary N) is 2. The highest BCUT2D eigenvalue weighted by Gasteiger charge is 2.32. The minimum absolute atomic E-state index is 0.235. The number of aromatic nitrogens is 4. The Labute approximate surface area is 146 Å². The molecule has 0 atom stereocenters. The number of allylic oxidation sites excluding steroid dienone is 1. The molecule has 0 saturated heterocycles. The zero-order chi connectivity index (χ0) is 17.4. The van der Waals surface area contributed by atoms with Gasteiger partial charge in [-0.25, -0.2) is 9.97 Å². The summed E-state index contributed by atoms with van der Waals surface area (Å²) in [6.45, 7) is 4.18. The summed E-state index contributed by atoms with van der Waals surface area (Å²) in [4.78, 5) is 28.8. The molecule has 1 aliphatic rings. The molecule has 0 unspecified atom stereocenters. The molecule has 1 aliphatic heterocycles. The van der Waals surface area contributed by atoms with Crippen LogP contribution in [-0.4, -0.2) is 26.5 Å². The van der Waals surface area contributed by atoms with Crippen LogP contribution < -0.4 is 10.5 Å². The third-order valence-corrected chi connectivity index (χ3v) is 4.94. The minimum atomic E-state index is -0.235. The molecular weight excluding hydrogens is 336 g/mol. The van der Waals surface area contributed by atoms with Crippen molar-refractivity contribution in [3.05, 3.63) is 64.5 Å². The lowest BCUT2D eigenvalue weighted by Gasteiger charge is -2.17. The number of H-pyrrole nitrogens is 2. The zero-order valence-corrected chi connectivity index (χ0v) is 13.8. The summed E-state index contributed by atoms with van der Waals surface area (Å²) in [6.07, 6.45) is 3.06. The van der Waals surface area contributed by atoms with Gasteiger partial charge in [-0.2, -0.15) is 5.26 Å². The van der Waals surface area contributed by atoms with Gasteiger partial charge in [0, 0.05) is 6.54 Å². The molecule has 0 fully saturated rings. The van der Waals surface area contributed by atoms with E-state index in [2.05, 4.69) is 32.6 Å². The van der Waals surface area contributed by atoms with E-state index in [1.165, 1.54) is 18.1 Å². The Hall–Kier alpha value is -3.31. The first-order valence-corrected chi connectivity index (χ1v) is 8.28. The molecule has 1 aromatic carbocycles. The van der Waals surface area contributed by atoms with Gasteiger partial charge < -0.3 is 14.9 Å². The van der Waals surface area contributed by atoms with E-state index in [-0.39, 0.29) is 5.56 Å². The third kappa shape index (κ3) is 2.42. The first-order chi connectivity index (χ1) is 12.2. The number of nitrogens with zero attached hydrogens (tertiary/aromatic N) is 4. The number of benzene rings is 1. The van der Waals surface area contributed by atoms with Crippen LogP contribution in [0.2, 0.25) is 0 Å². The van der Waals surface area contributed by atoms with Crippen LogP contribution in [0.25, 0.3) is 16.6 Å². The van der Waals surface area contributed by atoms with Crippen LogP contribution in [0.4, 0.5) is 5.82 Å². The van der Waals surface area contributed by atoms with Gasteiger partial charge in [0.2, 0.25) is 0 Å². The molecule has 25 heavy (non-hydrogen) atoms. The van der Waals surface area contributed by atoms with Crippen molar-refractivity contribution in [2.45, 2.75) is 4.90 Å². The fraction of sp³-hybridized carbons (Fsp3) is 0.0588. The largest absolute Gasteiger partial charge is 0.337 e. The number of hydrogen-bond donors (Lipinski definition) is 2. The fourth-order valence-corrected chi connectivity index (χ4v) is 3.78. The molecular formula is C17H12N6OS. The van der Waals surface area contributed by atoms with Gasteiger partial charge in [0.1, 0.15) is 21.6 Å². The van der Waals surface area contributed by atoms with Gasteiger partial charge in [0.15, 0.2) is 11.6 Å². The van der Waals surface area contributed by atoms with Gasteiger partial charge >= 0.3 is 0 Å². The highest BCUT2D eigenvalue weighted by Crippen LogP contribution is 2.45. The summed E-state index contributed by atoms with van der Waals surface area (Å²) < 4.78 is 0. The Morgan fingerprint density at radius 2 is 2.28 bits per heavy atom. The molecule has 122 valence electrons. The lowest BCUT2D eigenvalue weighted by Crippen LogP contribution is -2.20. The van der Waals surface area contributed by atoms with Crippen molar-refractivity contribution >= 4 is 34.2 Å². The van der Waals surface area contributed by atoms with Crippen LogP contribution >= 0.6 is 11.8 Å². The number of anilines is 1. The van der Waals surface area contributed by atoms with Gasteiger partial charge in [-0.1, -0.05) is 30.0 Å². The number of rotatable bonds is 3. The van der Waals surface area contributed by atoms with E-state index < -0.39 is 0 Å². The average molecular weight is 348 g/mol. The van der Waals surface area contributed by atoms with Gasteiger partial charge in [-0.15, -0.1) is 6.58 Å². The lowest BCUT2D eigenvalue weighted by molar-refractivity contribution is 0.968. The van der Waals surface area contributed by atoms with E-state index in [1.807, 2.05) is 24.3 Å². The summed E-state index contributed by atoms with van der Waals surface area (Å²) in [5.74, 6) is 0.983. The normalized spacial score (nSPS) is 15.1. The zero-order valence-electron chi connectivity index (χ0n) is 13.0. The molecule has 2 aromatic heterocycles. The highest BCUT2D eigenvalue weighted by atomic mass is 32.2. The quantitative estimate of drug-likeness (QED) is 0.557. The van der Waals surface area contributed by atoms with Crippen LogP contribution in [0.3, 0.4) is 0 Å². The first-order valence-electron chi connectivity index (χ1n) is 7.46. The second-order valence-electron chi connectivity index (χ2n) is 5.28. The molecule has 0 amide bonds. The molecule has 0 bridgehead atoms. The molecule has 7 nitrogen and oxygen atoms in total. The molecule has 0 spiro atoms. The maximum absolute atomic E-state index is 12.1. The van der Waals surface area contributed by atoms with Crippen molar-refractivity contribution in [3.8, 4) is 6.07 Å². The number of nitriles is 1. The predicted molar refractivity (Wildman–Crippen MR) is 96.9 cm³/mol. The van der Waals surface area contributed by atoms with Crippen molar-refractivity contribution in [1.29, 1.82) is 5.26 Å². The van der Waals surface area contributed by atoms with E-state index in [1.54, 1.807) is 11.0 Å². The van der Waals surface area contributed by atoms with Crippen LogP contribution in [0.1, 0.15) is 5.82 Å². The number of fused-ring (bicyclic) bond motifs is 2. The second kappa shape index (κ2) is 5.96. The number of thioether (sulfide) groups is 1. The van der Waals surface area contributed by atoms with Crippen LogP contribution in [0, 0.1) is 11.3 Å². The Morgan fingerprint density at radius 3 is 3.04 bits per heavy atom. The molecule has 8 heteroatoms. The lowest BCUT2D eigenvalue weighted by atomic mass is 10.3. The Morgan fingerprint density at radius 1 is 1.44 bits per heavy atom. The topological polar surface area (TPSA) is 101 Å². The van der Waals surface area contributed by atoms with E-state index in [4.69, 9.17) is 0 Å². The number of hydrogen-bond acceptors (Lipinski definition) is 6. The molecule has 3 heterocycles. The van der Waals surface area contributed by atoms with Crippen molar-refractivity contribution in [2.24, 2.45) is 0 Å².